The van der Waals surface area contributed by atoms with Crippen LogP contribution in [-0.4, -0.2) is 64.7 Å². The van der Waals surface area contributed by atoms with Gasteiger partial charge in [0.1, 0.15) is 17.9 Å². The molecule has 34 heavy (non-hydrogen) atoms. The minimum Gasteiger partial charge on any atom is -0.370 e. The number of aromatic nitrogens is 4. The topological polar surface area (TPSA) is 97.2 Å². The van der Waals surface area contributed by atoms with Crippen molar-refractivity contribution in [1.29, 1.82) is 0 Å². The van der Waals surface area contributed by atoms with Gasteiger partial charge in [0.25, 0.3) is 5.91 Å². The number of morpholine rings is 1. The van der Waals surface area contributed by atoms with E-state index in [1.165, 1.54) is 10.9 Å². The number of hydrogen-bond donors (Lipinski definition) is 2. The van der Waals surface area contributed by atoms with E-state index in [0.29, 0.717) is 48.3 Å². The maximum atomic E-state index is 14.4. The summed E-state index contributed by atoms with van der Waals surface area (Å²) < 4.78 is 21.1. The van der Waals surface area contributed by atoms with Crippen molar-refractivity contribution < 1.29 is 13.9 Å². The molecule has 2 aliphatic rings. The number of hydrogen-bond acceptors (Lipinski definition) is 7. The first-order valence-corrected chi connectivity index (χ1v) is 11.6. The molecule has 0 radical (unpaired) electrons. The van der Waals surface area contributed by atoms with Gasteiger partial charge in [-0.3, -0.25) is 4.79 Å². The van der Waals surface area contributed by atoms with Crippen molar-refractivity contribution in [3.8, 4) is 11.3 Å². The summed E-state index contributed by atoms with van der Waals surface area (Å²) in [5.74, 6) is 0.238. The Labute approximate surface area is 205 Å². The van der Waals surface area contributed by atoms with Crippen molar-refractivity contribution >= 4 is 46.4 Å². The molecule has 2 fully saturated rings. The summed E-state index contributed by atoms with van der Waals surface area (Å²) in [7, 11) is 0. The molecule has 9 nitrogen and oxygen atoms in total. The lowest BCUT2D eigenvalue weighted by molar-refractivity contribution is -0.125. The van der Waals surface area contributed by atoms with E-state index in [9.17, 15) is 9.18 Å². The molecule has 0 bridgehead atoms. The largest absolute Gasteiger partial charge is 0.370 e. The van der Waals surface area contributed by atoms with E-state index in [1.807, 2.05) is 24.3 Å². The Bertz CT molecular complexity index is 1190. The quantitative estimate of drug-likeness (QED) is 0.546. The van der Waals surface area contributed by atoms with E-state index in [1.54, 1.807) is 11.1 Å². The molecule has 2 saturated heterocycles. The van der Waals surface area contributed by atoms with Crippen LogP contribution >= 0.6 is 23.2 Å². The molecule has 178 valence electrons. The molecular weight excluding hydrogens is 484 g/mol. The number of carbonyl (C=O) groups is 1. The first-order valence-electron chi connectivity index (χ1n) is 10.9. The Morgan fingerprint density at radius 1 is 1.21 bits per heavy atom. The fourth-order valence-corrected chi connectivity index (χ4v) is 4.58. The van der Waals surface area contributed by atoms with Gasteiger partial charge in [0, 0.05) is 24.5 Å². The van der Waals surface area contributed by atoms with Crippen LogP contribution in [0.5, 0.6) is 0 Å². The number of rotatable bonds is 5. The lowest BCUT2D eigenvalue weighted by Crippen LogP contribution is -2.41. The monoisotopic (exact) mass is 505 g/mol. The molecule has 0 saturated carbocycles. The molecule has 1 amide bonds. The van der Waals surface area contributed by atoms with Crippen LogP contribution in [0.15, 0.2) is 36.7 Å². The average Bonchev–Trinajstić information content (AvgIpc) is 3.22. The standard InChI is InChI=1S/C22H22Cl2FN7O2/c23-16-10-27-22(29-13-1-3-14(4-2-13)31-7-8-34-12-19(31)33)30-20(16)15-9-28-32(21(15)24)18-5-6-26-11-17(18)25/h1-4,9-10,17-18,26H,5-8,11-12H2,(H,27,29,30)/t17-,18-/m1/s1. The van der Waals surface area contributed by atoms with Gasteiger partial charge in [-0.2, -0.15) is 5.10 Å². The smallest absolute Gasteiger partial charge is 0.253 e. The highest BCUT2D eigenvalue weighted by molar-refractivity contribution is 6.35. The van der Waals surface area contributed by atoms with Gasteiger partial charge in [-0.25, -0.2) is 19.0 Å². The first kappa shape index (κ1) is 23.0. The third-order valence-electron chi connectivity index (χ3n) is 5.84. The van der Waals surface area contributed by atoms with Crippen molar-refractivity contribution in [3.63, 3.8) is 0 Å². The van der Waals surface area contributed by atoms with Gasteiger partial charge in [-0.1, -0.05) is 23.2 Å². The number of anilines is 3. The molecule has 1 aromatic carbocycles. The summed E-state index contributed by atoms with van der Waals surface area (Å²) in [5.41, 5.74) is 2.42. The summed E-state index contributed by atoms with van der Waals surface area (Å²) in [5, 5.41) is 11.1. The predicted octanol–water partition coefficient (Wildman–Crippen LogP) is 3.63. The van der Waals surface area contributed by atoms with E-state index >= 15 is 0 Å². The Kier molecular flexibility index (Phi) is 6.64. The summed E-state index contributed by atoms with van der Waals surface area (Å²) in [6, 6.07) is 6.90. The molecule has 0 aliphatic carbocycles. The Hall–Kier alpha value is -2.79. The van der Waals surface area contributed by atoms with E-state index in [0.717, 1.165) is 11.4 Å². The highest BCUT2D eigenvalue weighted by Gasteiger charge is 2.30. The predicted molar refractivity (Wildman–Crippen MR) is 128 cm³/mol. The van der Waals surface area contributed by atoms with Crippen LogP contribution in [0, 0.1) is 0 Å². The van der Waals surface area contributed by atoms with Crippen molar-refractivity contribution in [1.82, 2.24) is 25.1 Å². The van der Waals surface area contributed by atoms with Crippen LogP contribution in [0.4, 0.5) is 21.7 Å². The van der Waals surface area contributed by atoms with Gasteiger partial charge in [0.15, 0.2) is 0 Å². The van der Waals surface area contributed by atoms with Gasteiger partial charge >= 0.3 is 0 Å². The number of ether oxygens (including phenoxy) is 1. The van der Waals surface area contributed by atoms with Gasteiger partial charge in [-0.15, -0.1) is 0 Å². The average molecular weight is 506 g/mol. The Morgan fingerprint density at radius 2 is 2.03 bits per heavy atom. The van der Waals surface area contributed by atoms with Crippen molar-refractivity contribution in [3.05, 3.63) is 46.8 Å². The minimum atomic E-state index is -1.09. The van der Waals surface area contributed by atoms with Crippen LogP contribution < -0.4 is 15.5 Å². The second-order valence-electron chi connectivity index (χ2n) is 8.03. The van der Waals surface area contributed by atoms with Crippen LogP contribution in [-0.2, 0) is 9.53 Å². The Morgan fingerprint density at radius 3 is 2.79 bits per heavy atom. The zero-order chi connectivity index (χ0) is 23.7. The van der Waals surface area contributed by atoms with Crippen molar-refractivity contribution in [2.24, 2.45) is 0 Å². The molecule has 4 heterocycles. The summed E-state index contributed by atoms with van der Waals surface area (Å²) in [4.78, 5) is 22.5. The van der Waals surface area contributed by atoms with E-state index in [2.05, 4.69) is 25.7 Å². The zero-order valence-corrected chi connectivity index (χ0v) is 19.6. The van der Waals surface area contributed by atoms with Crippen LogP contribution in [0.2, 0.25) is 10.2 Å². The molecular formula is C22H22Cl2FN7O2. The van der Waals surface area contributed by atoms with E-state index in [4.69, 9.17) is 27.9 Å². The molecule has 2 atom stereocenters. The summed E-state index contributed by atoms with van der Waals surface area (Å²) >= 11 is 12.9. The minimum absolute atomic E-state index is 0.0707. The van der Waals surface area contributed by atoms with Crippen LogP contribution in [0.1, 0.15) is 12.5 Å². The van der Waals surface area contributed by atoms with Crippen LogP contribution in [0.25, 0.3) is 11.3 Å². The molecule has 2 N–H and O–H groups in total. The lowest BCUT2D eigenvalue weighted by Gasteiger charge is -2.27. The summed E-state index contributed by atoms with van der Waals surface area (Å²) in [6.45, 7) is 2.07. The molecule has 5 rings (SSSR count). The molecule has 3 aromatic rings. The summed E-state index contributed by atoms with van der Waals surface area (Å²) in [6.07, 6.45) is 2.51. The molecule has 2 aromatic heterocycles. The molecule has 0 unspecified atom stereocenters. The SMILES string of the molecule is O=C1COCCN1c1ccc(Nc2ncc(Cl)c(-c3cnn([C@@H]4CCNC[C@H]4F)c3Cl)n2)cc1. The van der Waals surface area contributed by atoms with E-state index < -0.39 is 12.2 Å². The number of amides is 1. The molecule has 12 heteroatoms. The first-order chi connectivity index (χ1) is 16.5. The second kappa shape index (κ2) is 9.83. The second-order valence-corrected chi connectivity index (χ2v) is 8.79. The maximum Gasteiger partial charge on any atom is 0.253 e. The molecule has 0 spiro atoms. The van der Waals surface area contributed by atoms with Gasteiger partial charge in [-0.05, 0) is 37.2 Å². The third kappa shape index (κ3) is 4.58. The van der Waals surface area contributed by atoms with Crippen LogP contribution in [0.3, 0.4) is 0 Å². The number of nitrogens with zero attached hydrogens (tertiary/aromatic N) is 5. The fourth-order valence-electron chi connectivity index (χ4n) is 4.08. The Balaban J connectivity index is 1.36. The number of benzene rings is 1. The highest BCUT2D eigenvalue weighted by atomic mass is 35.5. The molecule has 2 aliphatic heterocycles. The van der Waals surface area contributed by atoms with E-state index in [-0.39, 0.29) is 24.2 Å². The normalized spacial score (nSPS) is 21.0. The number of nitrogens with one attached hydrogen (secondary N) is 2. The van der Waals surface area contributed by atoms with Gasteiger partial charge in [0.05, 0.1) is 41.3 Å². The van der Waals surface area contributed by atoms with Gasteiger partial charge in [0.2, 0.25) is 5.95 Å². The number of alkyl halides is 1. The maximum absolute atomic E-state index is 14.4. The third-order valence-corrected chi connectivity index (χ3v) is 6.50. The zero-order valence-electron chi connectivity index (χ0n) is 18.0. The number of halogens is 3. The number of piperidine rings is 1. The van der Waals surface area contributed by atoms with Crippen molar-refractivity contribution in [2.45, 2.75) is 18.6 Å². The highest BCUT2D eigenvalue weighted by Crippen LogP contribution is 2.35. The lowest BCUT2D eigenvalue weighted by atomic mass is 10.1. The van der Waals surface area contributed by atoms with Crippen molar-refractivity contribution in [2.75, 3.05) is 43.1 Å². The number of carbonyl (C=O) groups excluding carboxylic acids is 1. The fraction of sp³-hybridized carbons (Fsp3) is 0.364. The van der Waals surface area contributed by atoms with Gasteiger partial charge < -0.3 is 20.3 Å².